The molecule has 0 bridgehead atoms. The molecule has 1 atom stereocenters. The maximum atomic E-state index is 12.0. The molecule has 0 radical (unpaired) electrons. The summed E-state index contributed by atoms with van der Waals surface area (Å²) in [5.41, 5.74) is 2.61. The number of nitrogens with one attached hydrogen (secondary N) is 1. The van der Waals surface area contributed by atoms with Gasteiger partial charge in [0.2, 0.25) is 5.91 Å². The molecule has 0 saturated heterocycles. The van der Waals surface area contributed by atoms with Crippen LogP contribution in [-0.2, 0) is 11.8 Å². The van der Waals surface area contributed by atoms with Crippen molar-refractivity contribution in [3.8, 4) is 0 Å². The standard InChI is InChI=1S/C20H19ClN2O2/c1-23-13-16(15-7-3-5-9-18(15)23)19(24)12-22-20(25)11-10-14-6-2-4-8-17(14)21/h2-11,13,19,24H,12H2,1H3,(H,22,25)/b11-10+. The number of hydrogen-bond donors (Lipinski definition) is 2. The van der Waals surface area contributed by atoms with Crippen LogP contribution in [0.25, 0.3) is 17.0 Å². The minimum atomic E-state index is -0.774. The molecule has 3 rings (SSSR count). The van der Waals surface area contributed by atoms with Gasteiger partial charge >= 0.3 is 0 Å². The summed E-state index contributed by atoms with van der Waals surface area (Å²) in [4.78, 5) is 12.0. The summed E-state index contributed by atoms with van der Waals surface area (Å²) < 4.78 is 1.97. The van der Waals surface area contributed by atoms with Gasteiger partial charge in [-0.2, -0.15) is 0 Å². The molecule has 1 unspecified atom stereocenters. The number of aliphatic hydroxyl groups is 1. The van der Waals surface area contributed by atoms with E-state index in [-0.39, 0.29) is 12.5 Å². The van der Waals surface area contributed by atoms with E-state index in [0.717, 1.165) is 22.0 Å². The minimum absolute atomic E-state index is 0.139. The maximum absolute atomic E-state index is 12.0. The van der Waals surface area contributed by atoms with Crippen molar-refractivity contribution in [3.63, 3.8) is 0 Å². The van der Waals surface area contributed by atoms with Gasteiger partial charge in [-0.25, -0.2) is 0 Å². The third-order valence-corrected chi connectivity index (χ3v) is 4.42. The number of para-hydroxylation sites is 1. The average molecular weight is 355 g/mol. The number of carbonyl (C=O) groups is 1. The highest BCUT2D eigenvalue weighted by molar-refractivity contribution is 6.32. The zero-order valence-electron chi connectivity index (χ0n) is 13.8. The summed E-state index contributed by atoms with van der Waals surface area (Å²) in [7, 11) is 1.93. The lowest BCUT2D eigenvalue weighted by molar-refractivity contribution is -0.116. The Kier molecular flexibility index (Phi) is 5.22. The highest BCUT2D eigenvalue weighted by Crippen LogP contribution is 2.25. The van der Waals surface area contributed by atoms with Gasteiger partial charge in [0.1, 0.15) is 0 Å². The van der Waals surface area contributed by atoms with Crippen LogP contribution in [0, 0.1) is 0 Å². The molecule has 4 nitrogen and oxygen atoms in total. The Bertz CT molecular complexity index is 930. The molecular weight excluding hydrogens is 336 g/mol. The second kappa shape index (κ2) is 7.55. The second-order valence-electron chi connectivity index (χ2n) is 5.83. The van der Waals surface area contributed by atoms with E-state index in [4.69, 9.17) is 11.6 Å². The lowest BCUT2D eigenvalue weighted by Crippen LogP contribution is -2.26. The summed E-state index contributed by atoms with van der Waals surface area (Å²) >= 11 is 6.05. The quantitative estimate of drug-likeness (QED) is 0.686. The third kappa shape index (κ3) is 3.92. The van der Waals surface area contributed by atoms with E-state index < -0.39 is 6.10 Å². The van der Waals surface area contributed by atoms with E-state index in [1.165, 1.54) is 6.08 Å². The molecule has 0 spiro atoms. The Labute approximate surface area is 151 Å². The van der Waals surface area contributed by atoms with E-state index in [9.17, 15) is 9.90 Å². The van der Waals surface area contributed by atoms with Crippen LogP contribution < -0.4 is 5.32 Å². The Morgan fingerprint density at radius 1 is 1.24 bits per heavy atom. The number of halogens is 1. The van der Waals surface area contributed by atoms with Crippen LogP contribution in [0.2, 0.25) is 5.02 Å². The number of fused-ring (bicyclic) bond motifs is 1. The number of aromatic nitrogens is 1. The van der Waals surface area contributed by atoms with Gasteiger partial charge < -0.3 is 15.0 Å². The predicted octanol–water partition coefficient (Wildman–Crippen LogP) is 3.69. The van der Waals surface area contributed by atoms with Crippen LogP contribution in [0.4, 0.5) is 0 Å². The highest BCUT2D eigenvalue weighted by Gasteiger charge is 2.14. The predicted molar refractivity (Wildman–Crippen MR) is 101 cm³/mol. The van der Waals surface area contributed by atoms with Gasteiger partial charge in [0.15, 0.2) is 0 Å². The van der Waals surface area contributed by atoms with Crippen molar-refractivity contribution < 1.29 is 9.90 Å². The minimum Gasteiger partial charge on any atom is -0.386 e. The lowest BCUT2D eigenvalue weighted by atomic mass is 10.1. The largest absolute Gasteiger partial charge is 0.386 e. The monoisotopic (exact) mass is 354 g/mol. The highest BCUT2D eigenvalue weighted by atomic mass is 35.5. The normalized spacial score (nSPS) is 12.6. The number of nitrogens with zero attached hydrogens (tertiary/aromatic N) is 1. The number of amides is 1. The van der Waals surface area contributed by atoms with Gasteiger partial charge in [0.25, 0.3) is 0 Å². The first-order valence-electron chi connectivity index (χ1n) is 7.98. The van der Waals surface area contributed by atoms with E-state index >= 15 is 0 Å². The van der Waals surface area contributed by atoms with Gasteiger partial charge in [-0.05, 0) is 23.8 Å². The van der Waals surface area contributed by atoms with Crippen molar-refractivity contribution in [2.45, 2.75) is 6.10 Å². The fraction of sp³-hybridized carbons (Fsp3) is 0.150. The van der Waals surface area contributed by atoms with E-state index in [0.29, 0.717) is 5.02 Å². The van der Waals surface area contributed by atoms with Crippen LogP contribution in [0.15, 0.2) is 60.8 Å². The van der Waals surface area contributed by atoms with E-state index in [1.807, 2.05) is 60.3 Å². The number of rotatable bonds is 5. The molecule has 2 aromatic carbocycles. The van der Waals surface area contributed by atoms with Crippen LogP contribution >= 0.6 is 11.6 Å². The van der Waals surface area contributed by atoms with Crippen molar-refractivity contribution in [2.75, 3.05) is 6.54 Å². The molecule has 0 aliphatic heterocycles. The number of hydrogen-bond acceptors (Lipinski definition) is 2. The van der Waals surface area contributed by atoms with Crippen molar-refractivity contribution in [1.29, 1.82) is 0 Å². The molecule has 1 amide bonds. The number of carbonyl (C=O) groups excluding carboxylic acids is 1. The first-order valence-corrected chi connectivity index (χ1v) is 8.36. The lowest BCUT2D eigenvalue weighted by Gasteiger charge is -2.10. The topological polar surface area (TPSA) is 54.3 Å². The van der Waals surface area contributed by atoms with Gasteiger partial charge in [-0.1, -0.05) is 48.0 Å². The second-order valence-corrected chi connectivity index (χ2v) is 6.24. The Hall–Kier alpha value is -2.56. The molecule has 1 aromatic heterocycles. The van der Waals surface area contributed by atoms with Gasteiger partial charge in [-0.15, -0.1) is 0 Å². The summed E-state index contributed by atoms with van der Waals surface area (Å²) in [5, 5.41) is 14.7. The number of aryl methyl sites for hydroxylation is 1. The fourth-order valence-electron chi connectivity index (χ4n) is 2.78. The molecule has 0 aliphatic rings. The van der Waals surface area contributed by atoms with Gasteiger partial charge in [-0.3, -0.25) is 4.79 Å². The number of aliphatic hydroxyl groups excluding tert-OH is 1. The fourth-order valence-corrected chi connectivity index (χ4v) is 2.98. The van der Waals surface area contributed by atoms with Crippen molar-refractivity contribution in [1.82, 2.24) is 9.88 Å². The van der Waals surface area contributed by atoms with Crippen LogP contribution in [-0.4, -0.2) is 22.1 Å². The third-order valence-electron chi connectivity index (χ3n) is 4.08. The van der Waals surface area contributed by atoms with Crippen LogP contribution in [0.5, 0.6) is 0 Å². The Morgan fingerprint density at radius 3 is 2.76 bits per heavy atom. The average Bonchev–Trinajstić information content (AvgIpc) is 2.96. The van der Waals surface area contributed by atoms with Crippen molar-refractivity contribution in [3.05, 3.63) is 77.0 Å². The van der Waals surface area contributed by atoms with E-state index in [1.54, 1.807) is 12.1 Å². The Balaban J connectivity index is 1.64. The van der Waals surface area contributed by atoms with Crippen molar-refractivity contribution in [2.24, 2.45) is 7.05 Å². The molecule has 5 heteroatoms. The maximum Gasteiger partial charge on any atom is 0.244 e. The van der Waals surface area contributed by atoms with Gasteiger partial charge in [0.05, 0.1) is 6.10 Å². The van der Waals surface area contributed by atoms with Crippen LogP contribution in [0.3, 0.4) is 0 Å². The summed E-state index contributed by atoms with van der Waals surface area (Å²) in [6.07, 6.45) is 4.18. The summed E-state index contributed by atoms with van der Waals surface area (Å²) in [6.45, 7) is 0.139. The number of benzene rings is 2. The van der Waals surface area contributed by atoms with Crippen molar-refractivity contribution >= 4 is 34.5 Å². The van der Waals surface area contributed by atoms with Crippen LogP contribution in [0.1, 0.15) is 17.2 Å². The molecular formula is C20H19ClN2O2. The molecule has 1 heterocycles. The molecule has 128 valence electrons. The SMILES string of the molecule is Cn1cc(C(O)CNC(=O)/C=C/c2ccccc2Cl)c2ccccc21. The molecule has 0 saturated carbocycles. The first kappa shape index (κ1) is 17.3. The molecule has 25 heavy (non-hydrogen) atoms. The zero-order valence-corrected chi connectivity index (χ0v) is 14.6. The Morgan fingerprint density at radius 2 is 1.96 bits per heavy atom. The summed E-state index contributed by atoms with van der Waals surface area (Å²) in [6, 6.07) is 15.1. The molecule has 2 N–H and O–H groups in total. The first-order chi connectivity index (χ1) is 12.1. The molecule has 3 aromatic rings. The van der Waals surface area contributed by atoms with Gasteiger partial charge in [0, 0.05) is 47.4 Å². The van der Waals surface area contributed by atoms with E-state index in [2.05, 4.69) is 5.32 Å². The summed E-state index contributed by atoms with van der Waals surface area (Å²) in [5.74, 6) is -0.279. The smallest absolute Gasteiger partial charge is 0.244 e. The molecule has 0 fully saturated rings. The zero-order chi connectivity index (χ0) is 17.8. The molecule has 0 aliphatic carbocycles.